The van der Waals surface area contributed by atoms with Crippen molar-refractivity contribution in [3.05, 3.63) is 148 Å². The van der Waals surface area contributed by atoms with E-state index in [1.165, 1.54) is 61.6 Å². The summed E-state index contributed by atoms with van der Waals surface area (Å²) in [6, 6.07) is 23.0. The van der Waals surface area contributed by atoms with Crippen molar-refractivity contribution in [1.29, 1.82) is 0 Å². The van der Waals surface area contributed by atoms with Crippen LogP contribution in [0.15, 0.2) is 120 Å². The van der Waals surface area contributed by atoms with Crippen molar-refractivity contribution in [2.24, 2.45) is 0 Å². The van der Waals surface area contributed by atoms with Gasteiger partial charge in [0, 0.05) is 27.5 Å². The minimum absolute atomic E-state index is 0.356. The van der Waals surface area contributed by atoms with E-state index < -0.39 is 0 Å². The Morgan fingerprint density at radius 3 is 2.56 bits per heavy atom. The third-order valence-electron chi connectivity index (χ3n) is 9.52. The van der Waals surface area contributed by atoms with Crippen molar-refractivity contribution in [1.82, 2.24) is 0 Å². The number of anilines is 3. The smallest absolute Gasteiger partial charge is 0.0629 e. The Labute approximate surface area is 260 Å². The summed E-state index contributed by atoms with van der Waals surface area (Å²) in [5, 5.41) is 3.79. The van der Waals surface area contributed by atoms with Gasteiger partial charge in [0.25, 0.3) is 0 Å². The number of thiol groups is 1. The van der Waals surface area contributed by atoms with Gasteiger partial charge in [-0.25, -0.2) is 0 Å². The molecule has 43 heavy (non-hydrogen) atoms. The van der Waals surface area contributed by atoms with Crippen molar-refractivity contribution in [3.63, 3.8) is 0 Å². The number of nitrogens with zero attached hydrogens (tertiary/aromatic N) is 1. The highest BCUT2D eigenvalue weighted by molar-refractivity contribution is 7.85. The lowest BCUT2D eigenvalue weighted by Crippen LogP contribution is -2.31. The zero-order valence-corrected chi connectivity index (χ0v) is 25.3. The molecule has 3 aromatic rings. The van der Waals surface area contributed by atoms with Gasteiger partial charge in [0.1, 0.15) is 0 Å². The maximum atomic E-state index is 4.75. The number of rotatable bonds is 5. The van der Waals surface area contributed by atoms with Crippen LogP contribution in [-0.2, 0) is 6.42 Å². The van der Waals surface area contributed by atoms with Crippen LogP contribution in [0.5, 0.6) is 0 Å². The predicted molar refractivity (Wildman–Crippen MR) is 188 cm³/mol. The lowest BCUT2D eigenvalue weighted by molar-refractivity contribution is 0.757. The molecule has 1 atom stereocenters. The minimum atomic E-state index is 0.356. The van der Waals surface area contributed by atoms with E-state index in [4.69, 9.17) is 12.6 Å². The fourth-order valence-electron chi connectivity index (χ4n) is 7.37. The fraction of sp³-hybridized carbons (Fsp3) is 0.200. The van der Waals surface area contributed by atoms with E-state index in [9.17, 15) is 0 Å². The summed E-state index contributed by atoms with van der Waals surface area (Å²) in [6.07, 6.45) is 27.9. The summed E-state index contributed by atoms with van der Waals surface area (Å²) in [7, 11) is 0. The number of hydrogen-bond donors (Lipinski definition) is 2. The minimum Gasteiger partial charge on any atom is -0.355 e. The molecule has 1 heterocycles. The van der Waals surface area contributed by atoms with Crippen LogP contribution in [0.25, 0.3) is 22.8 Å². The second-order valence-corrected chi connectivity index (χ2v) is 12.6. The molecular weight excluding hydrogens is 541 g/mol. The molecule has 212 valence electrons. The van der Waals surface area contributed by atoms with E-state index in [0.717, 1.165) is 55.5 Å². The zero-order valence-electron chi connectivity index (χ0n) is 24.4. The van der Waals surface area contributed by atoms with E-state index in [1.807, 2.05) is 0 Å². The normalized spacial score (nSPS) is 20.3. The summed E-state index contributed by atoms with van der Waals surface area (Å²) in [6.45, 7) is 0. The van der Waals surface area contributed by atoms with Gasteiger partial charge in [0.2, 0.25) is 0 Å². The Kier molecular flexibility index (Phi) is 6.84. The summed E-state index contributed by atoms with van der Waals surface area (Å²) >= 11 is 4.75. The van der Waals surface area contributed by atoms with Crippen molar-refractivity contribution in [3.8, 4) is 0 Å². The molecule has 3 aromatic carbocycles. The monoisotopic (exact) mass is 576 g/mol. The molecule has 1 unspecified atom stereocenters. The third-order valence-corrected chi connectivity index (χ3v) is 9.94. The number of benzene rings is 3. The van der Waals surface area contributed by atoms with Crippen LogP contribution in [0.4, 0.5) is 17.1 Å². The first-order valence-corrected chi connectivity index (χ1v) is 16.1. The van der Waals surface area contributed by atoms with E-state index in [-0.39, 0.29) is 0 Å². The van der Waals surface area contributed by atoms with Gasteiger partial charge in [-0.15, -0.1) is 12.6 Å². The molecular formula is C40H36N2S. The lowest BCUT2D eigenvalue weighted by Gasteiger charge is -2.32. The Balaban J connectivity index is 1.12. The summed E-state index contributed by atoms with van der Waals surface area (Å²) in [5.74, 6) is 0. The van der Waals surface area contributed by atoms with E-state index in [2.05, 4.69) is 126 Å². The first-order valence-electron chi connectivity index (χ1n) is 15.7. The van der Waals surface area contributed by atoms with Crippen LogP contribution in [0.2, 0.25) is 0 Å². The van der Waals surface area contributed by atoms with Gasteiger partial charge in [0.05, 0.1) is 11.7 Å². The molecule has 0 radical (unpaired) electrons. The van der Waals surface area contributed by atoms with Gasteiger partial charge in [-0.2, -0.15) is 0 Å². The van der Waals surface area contributed by atoms with Crippen LogP contribution in [0.3, 0.4) is 0 Å². The van der Waals surface area contributed by atoms with Gasteiger partial charge in [-0.1, -0.05) is 85.0 Å². The van der Waals surface area contributed by atoms with Crippen LogP contribution in [0.1, 0.15) is 66.3 Å². The van der Waals surface area contributed by atoms with Crippen molar-refractivity contribution in [2.45, 2.75) is 51.0 Å². The third kappa shape index (κ3) is 4.86. The Morgan fingerprint density at radius 1 is 0.767 bits per heavy atom. The van der Waals surface area contributed by atoms with Crippen molar-refractivity contribution < 1.29 is 0 Å². The molecule has 5 aliphatic rings. The summed E-state index contributed by atoms with van der Waals surface area (Å²) in [5.41, 5.74) is 16.0. The first kappa shape index (κ1) is 26.4. The van der Waals surface area contributed by atoms with Gasteiger partial charge >= 0.3 is 0 Å². The largest absolute Gasteiger partial charge is 0.355 e. The molecule has 2 nitrogen and oxygen atoms in total. The molecule has 0 spiro atoms. The summed E-state index contributed by atoms with van der Waals surface area (Å²) < 4.78 is 0. The Bertz CT molecular complexity index is 1840. The van der Waals surface area contributed by atoms with Crippen LogP contribution in [0, 0.1) is 0 Å². The first-order chi connectivity index (χ1) is 21.2. The van der Waals surface area contributed by atoms with E-state index >= 15 is 0 Å². The number of allylic oxidation sites excluding steroid dienone is 10. The second kappa shape index (κ2) is 11.1. The molecule has 8 rings (SSSR count). The number of fused-ring (bicyclic) bond motifs is 4. The number of nitrogens with one attached hydrogen (secondary N) is 1. The van der Waals surface area contributed by atoms with Crippen molar-refractivity contribution in [2.75, 3.05) is 10.2 Å². The topological polar surface area (TPSA) is 15.3 Å². The highest BCUT2D eigenvalue weighted by Gasteiger charge is 2.36. The van der Waals surface area contributed by atoms with Gasteiger partial charge in [-0.3, -0.25) is 0 Å². The molecule has 0 saturated carbocycles. The maximum absolute atomic E-state index is 4.75. The predicted octanol–water partition coefficient (Wildman–Crippen LogP) is 10.7. The van der Waals surface area contributed by atoms with E-state index in [1.54, 1.807) is 0 Å². The van der Waals surface area contributed by atoms with Crippen LogP contribution in [-0.4, -0.2) is 6.04 Å². The SMILES string of the molecule is SC1=C(c2cccc(C3=CC=C(N4c5cc(Nc6cccc7c6CCC=C7)ccc5C5=CC=CCC54)CC3)c2)CCC=C1. The quantitative estimate of drug-likeness (QED) is 0.294. The lowest BCUT2D eigenvalue weighted by atomic mass is 9.90. The molecule has 3 heteroatoms. The Morgan fingerprint density at radius 2 is 1.65 bits per heavy atom. The Hall–Kier alpha value is -4.21. The van der Waals surface area contributed by atoms with Crippen molar-refractivity contribution >= 4 is 52.5 Å². The van der Waals surface area contributed by atoms with Gasteiger partial charge < -0.3 is 10.2 Å². The molecule has 4 aliphatic carbocycles. The second-order valence-electron chi connectivity index (χ2n) is 12.1. The van der Waals surface area contributed by atoms with Crippen LogP contribution < -0.4 is 10.2 Å². The molecule has 0 saturated heterocycles. The average molecular weight is 577 g/mol. The summed E-state index contributed by atoms with van der Waals surface area (Å²) in [4.78, 5) is 3.72. The molecule has 0 aromatic heterocycles. The maximum Gasteiger partial charge on any atom is 0.0629 e. The molecule has 0 fully saturated rings. The van der Waals surface area contributed by atoms with E-state index in [0.29, 0.717) is 6.04 Å². The molecule has 0 bridgehead atoms. The molecule has 0 amide bonds. The van der Waals surface area contributed by atoms with Crippen LogP contribution >= 0.6 is 12.6 Å². The van der Waals surface area contributed by atoms with Gasteiger partial charge in [0.15, 0.2) is 0 Å². The molecule has 1 aliphatic heterocycles. The molecule has 1 N–H and O–H groups in total. The fourth-order valence-corrected chi connectivity index (χ4v) is 7.72. The standard InChI is InChI=1S/C40H36N2S/c43-40-18-6-4-14-34(40)30-12-7-11-29(25-30)27-19-22-32(23-20-27)42-38-17-5-3-15-35(38)36-24-21-31(26-39(36)42)41-37-16-8-10-28-9-1-2-13-33(28)37/h1,3,5-12,15-16,18-19,21-22,24-26,38,41,43H,2,4,13-14,17,20,23H2. The highest BCUT2D eigenvalue weighted by atomic mass is 32.1. The average Bonchev–Trinajstić information content (AvgIpc) is 3.39. The number of hydrogen-bond acceptors (Lipinski definition) is 3. The highest BCUT2D eigenvalue weighted by Crippen LogP contribution is 2.48. The zero-order chi connectivity index (χ0) is 28.8. The van der Waals surface area contributed by atoms with Gasteiger partial charge in [-0.05, 0) is 114 Å².